The summed E-state index contributed by atoms with van der Waals surface area (Å²) in [7, 11) is 0. The van der Waals surface area contributed by atoms with E-state index >= 15 is 0 Å². The van der Waals surface area contributed by atoms with Gasteiger partial charge >= 0.3 is 0 Å². The van der Waals surface area contributed by atoms with Gasteiger partial charge in [0.25, 0.3) is 11.8 Å². The first-order valence-corrected chi connectivity index (χ1v) is 11.2. The zero-order valence-corrected chi connectivity index (χ0v) is 19.9. The minimum Gasteiger partial charge on any atom is -0.451 e. The van der Waals surface area contributed by atoms with Crippen LogP contribution in [0.2, 0.25) is 0 Å². The standard InChI is InChI=1S/C24H18IN3O3S/c1-14-11-18(26-24(32)28-22(29)16-6-4-7-17(25)12-16)9-10-19(14)27-23(30)21-13-15-5-2-3-8-20(15)31-21/h2-13H,1H3,(H,27,30)(H2,26,28,29,32). The van der Waals surface area contributed by atoms with Crippen LogP contribution in [0.25, 0.3) is 11.0 Å². The number of hydrogen-bond acceptors (Lipinski definition) is 4. The normalized spacial score (nSPS) is 10.6. The predicted molar refractivity (Wildman–Crippen MR) is 138 cm³/mol. The molecule has 4 aromatic rings. The second kappa shape index (κ2) is 9.49. The molecule has 0 aliphatic heterocycles. The van der Waals surface area contributed by atoms with E-state index in [9.17, 15) is 9.59 Å². The van der Waals surface area contributed by atoms with Gasteiger partial charge in [-0.05, 0) is 95.8 Å². The fraction of sp³-hybridized carbons (Fsp3) is 0.0417. The summed E-state index contributed by atoms with van der Waals surface area (Å²) in [6, 6.07) is 21.8. The van der Waals surface area contributed by atoms with E-state index in [4.69, 9.17) is 16.6 Å². The smallest absolute Gasteiger partial charge is 0.291 e. The lowest BCUT2D eigenvalue weighted by Gasteiger charge is -2.12. The van der Waals surface area contributed by atoms with E-state index in [-0.39, 0.29) is 22.7 Å². The van der Waals surface area contributed by atoms with Crippen molar-refractivity contribution < 1.29 is 14.0 Å². The molecule has 6 nitrogen and oxygen atoms in total. The predicted octanol–water partition coefficient (Wildman–Crippen LogP) is 5.72. The Morgan fingerprint density at radius 3 is 2.47 bits per heavy atom. The molecular weight excluding hydrogens is 537 g/mol. The van der Waals surface area contributed by atoms with E-state index in [0.29, 0.717) is 22.5 Å². The van der Waals surface area contributed by atoms with Gasteiger partial charge in [-0.1, -0.05) is 24.3 Å². The molecule has 0 aliphatic carbocycles. The van der Waals surface area contributed by atoms with Crippen LogP contribution in [-0.4, -0.2) is 16.9 Å². The van der Waals surface area contributed by atoms with Crippen LogP contribution in [0.4, 0.5) is 11.4 Å². The van der Waals surface area contributed by atoms with E-state index in [1.165, 1.54) is 0 Å². The molecule has 1 heterocycles. The van der Waals surface area contributed by atoms with Gasteiger partial charge in [0.2, 0.25) is 0 Å². The maximum atomic E-state index is 12.6. The molecule has 0 radical (unpaired) electrons. The van der Waals surface area contributed by atoms with Gasteiger partial charge in [-0.25, -0.2) is 0 Å². The summed E-state index contributed by atoms with van der Waals surface area (Å²) in [5.41, 5.74) is 3.36. The Morgan fingerprint density at radius 1 is 0.906 bits per heavy atom. The highest BCUT2D eigenvalue weighted by molar-refractivity contribution is 14.1. The molecule has 0 aliphatic rings. The van der Waals surface area contributed by atoms with Gasteiger partial charge in [0.1, 0.15) is 5.58 Å². The molecule has 0 bridgehead atoms. The van der Waals surface area contributed by atoms with Gasteiger partial charge in [0.15, 0.2) is 10.9 Å². The fourth-order valence-corrected chi connectivity index (χ4v) is 3.88. The third-order valence-corrected chi connectivity index (χ3v) is 5.57. The molecule has 2 amide bonds. The van der Waals surface area contributed by atoms with Gasteiger partial charge in [0, 0.05) is 25.9 Å². The first-order chi connectivity index (χ1) is 15.4. The number of hydrogen-bond donors (Lipinski definition) is 3. The first kappa shape index (κ1) is 22.0. The summed E-state index contributed by atoms with van der Waals surface area (Å²) in [5, 5.41) is 9.58. The fourth-order valence-electron chi connectivity index (χ4n) is 3.13. The molecule has 0 atom stereocenters. The molecule has 0 fully saturated rings. The van der Waals surface area contributed by atoms with Crippen molar-refractivity contribution in [2.45, 2.75) is 6.92 Å². The zero-order chi connectivity index (χ0) is 22.7. The maximum Gasteiger partial charge on any atom is 0.291 e. The first-order valence-electron chi connectivity index (χ1n) is 9.67. The quantitative estimate of drug-likeness (QED) is 0.222. The Morgan fingerprint density at radius 2 is 1.72 bits per heavy atom. The van der Waals surface area contributed by atoms with Gasteiger partial charge in [-0.3, -0.25) is 14.9 Å². The van der Waals surface area contributed by atoms with Crippen LogP contribution < -0.4 is 16.0 Å². The Hall–Kier alpha value is -3.24. The Kier molecular flexibility index (Phi) is 6.52. The van der Waals surface area contributed by atoms with Crippen molar-refractivity contribution in [2.75, 3.05) is 10.6 Å². The zero-order valence-electron chi connectivity index (χ0n) is 16.9. The highest BCUT2D eigenvalue weighted by Gasteiger charge is 2.14. The SMILES string of the molecule is Cc1cc(NC(=S)NC(=O)c2cccc(I)c2)ccc1NC(=O)c1cc2ccccc2o1. The van der Waals surface area contributed by atoms with Gasteiger partial charge in [-0.2, -0.15) is 0 Å². The lowest BCUT2D eigenvalue weighted by atomic mass is 10.1. The van der Waals surface area contributed by atoms with E-state index in [1.807, 2.05) is 49.4 Å². The van der Waals surface area contributed by atoms with Crippen molar-refractivity contribution in [2.24, 2.45) is 0 Å². The lowest BCUT2D eigenvalue weighted by molar-refractivity contribution is 0.0975. The van der Waals surface area contributed by atoms with Crippen LogP contribution in [0, 0.1) is 10.5 Å². The summed E-state index contributed by atoms with van der Waals surface area (Å²) in [4.78, 5) is 24.9. The largest absolute Gasteiger partial charge is 0.451 e. The van der Waals surface area contributed by atoms with Crippen molar-refractivity contribution in [3.63, 3.8) is 0 Å². The monoisotopic (exact) mass is 555 g/mol. The van der Waals surface area contributed by atoms with Crippen LogP contribution >= 0.6 is 34.8 Å². The van der Waals surface area contributed by atoms with Crippen molar-refractivity contribution in [1.82, 2.24) is 5.32 Å². The van der Waals surface area contributed by atoms with Crippen molar-refractivity contribution in [3.8, 4) is 0 Å². The van der Waals surface area contributed by atoms with Crippen LogP contribution in [0.3, 0.4) is 0 Å². The Bertz CT molecular complexity index is 1320. The van der Waals surface area contributed by atoms with E-state index in [2.05, 4.69) is 38.5 Å². The van der Waals surface area contributed by atoms with Gasteiger partial charge < -0.3 is 15.1 Å². The summed E-state index contributed by atoms with van der Waals surface area (Å²) in [5.74, 6) is -0.370. The number of thiocarbonyl (C=S) groups is 1. The van der Waals surface area contributed by atoms with Crippen molar-refractivity contribution in [3.05, 3.63) is 93.3 Å². The van der Waals surface area contributed by atoms with Gasteiger partial charge in [0.05, 0.1) is 0 Å². The lowest BCUT2D eigenvalue weighted by Crippen LogP contribution is -2.34. The van der Waals surface area contributed by atoms with Crippen LogP contribution in [0.1, 0.15) is 26.5 Å². The number of carbonyl (C=O) groups excluding carboxylic acids is 2. The number of benzene rings is 3. The number of rotatable bonds is 4. The average molecular weight is 555 g/mol. The topological polar surface area (TPSA) is 83.4 Å². The minimum absolute atomic E-state index is 0.187. The van der Waals surface area contributed by atoms with E-state index in [0.717, 1.165) is 14.5 Å². The van der Waals surface area contributed by atoms with Crippen molar-refractivity contribution >= 4 is 74.1 Å². The van der Waals surface area contributed by atoms with E-state index in [1.54, 1.807) is 30.3 Å². The summed E-state index contributed by atoms with van der Waals surface area (Å²) in [6.45, 7) is 1.87. The molecule has 4 rings (SSSR count). The number of fused-ring (bicyclic) bond motifs is 1. The molecule has 0 spiro atoms. The molecular formula is C24H18IN3O3S. The Balaban J connectivity index is 1.39. The third kappa shape index (κ3) is 5.14. The number of furan rings is 1. The molecule has 0 unspecified atom stereocenters. The maximum absolute atomic E-state index is 12.6. The number of carbonyl (C=O) groups is 2. The Labute approximate surface area is 203 Å². The molecule has 3 N–H and O–H groups in total. The average Bonchev–Trinajstić information content (AvgIpc) is 3.20. The van der Waals surface area contributed by atoms with E-state index < -0.39 is 0 Å². The summed E-state index contributed by atoms with van der Waals surface area (Å²) >= 11 is 7.41. The van der Waals surface area contributed by atoms with Crippen LogP contribution in [0.5, 0.6) is 0 Å². The second-order valence-electron chi connectivity index (χ2n) is 7.05. The molecule has 1 aromatic heterocycles. The summed E-state index contributed by atoms with van der Waals surface area (Å²) in [6.07, 6.45) is 0. The van der Waals surface area contributed by atoms with Gasteiger partial charge in [-0.15, -0.1) is 0 Å². The molecule has 0 saturated heterocycles. The molecule has 8 heteroatoms. The van der Waals surface area contributed by atoms with Crippen molar-refractivity contribution in [1.29, 1.82) is 0 Å². The van der Waals surface area contributed by atoms with Crippen LogP contribution in [-0.2, 0) is 0 Å². The minimum atomic E-state index is -0.328. The highest BCUT2D eigenvalue weighted by atomic mass is 127. The number of nitrogens with one attached hydrogen (secondary N) is 3. The second-order valence-corrected chi connectivity index (χ2v) is 8.70. The number of aryl methyl sites for hydroxylation is 1. The number of amides is 2. The number of halogens is 1. The molecule has 3 aromatic carbocycles. The summed E-state index contributed by atoms with van der Waals surface area (Å²) < 4.78 is 6.58. The van der Waals surface area contributed by atoms with Crippen LogP contribution in [0.15, 0.2) is 77.2 Å². The number of para-hydroxylation sites is 1. The third-order valence-electron chi connectivity index (χ3n) is 4.70. The molecule has 32 heavy (non-hydrogen) atoms. The molecule has 160 valence electrons. The highest BCUT2D eigenvalue weighted by Crippen LogP contribution is 2.23. The number of anilines is 2. The molecule has 0 saturated carbocycles.